The predicted molar refractivity (Wildman–Crippen MR) is 166 cm³/mol. The van der Waals surface area contributed by atoms with Crippen LogP contribution < -0.4 is 9.64 Å². The Balaban J connectivity index is 1.57. The van der Waals surface area contributed by atoms with Crippen LogP contribution in [0.3, 0.4) is 0 Å². The molecule has 2 aromatic rings. The molecule has 2 aliphatic heterocycles. The van der Waals surface area contributed by atoms with Crippen LogP contribution in [0, 0.1) is 6.92 Å². The number of nitrogens with zero attached hydrogens (tertiary/aromatic N) is 3. The molecular weight excluding hydrogens is 546 g/mol. The molecule has 2 heterocycles. The van der Waals surface area contributed by atoms with Crippen LogP contribution in [0.5, 0.6) is 5.75 Å². The van der Waals surface area contributed by atoms with Gasteiger partial charge in [0.25, 0.3) is 11.8 Å². The van der Waals surface area contributed by atoms with Crippen LogP contribution >= 0.6 is 0 Å². The SMILES string of the molecule is Cc1cc2c(cc1C(=O)N(C(C)C)C1CCCN(C(=O)OC(C)(C)C)C1)N(CCOCc1ccccc1)C(=O)C(C)(C)O2. The van der Waals surface area contributed by atoms with Gasteiger partial charge in [-0.15, -0.1) is 0 Å². The zero-order valence-corrected chi connectivity index (χ0v) is 26.9. The number of benzene rings is 2. The minimum atomic E-state index is -1.05. The van der Waals surface area contributed by atoms with Crippen LogP contribution in [0.4, 0.5) is 10.5 Å². The molecule has 1 fully saturated rings. The topological polar surface area (TPSA) is 88.6 Å². The minimum Gasteiger partial charge on any atom is -0.476 e. The molecule has 0 aliphatic carbocycles. The lowest BCUT2D eigenvalue weighted by molar-refractivity contribution is -0.132. The van der Waals surface area contributed by atoms with Crippen molar-refractivity contribution in [3.8, 4) is 5.75 Å². The minimum absolute atomic E-state index is 0.106. The Hall–Kier alpha value is -3.59. The summed E-state index contributed by atoms with van der Waals surface area (Å²) < 4.78 is 17.7. The van der Waals surface area contributed by atoms with Gasteiger partial charge in [-0.3, -0.25) is 9.59 Å². The first-order chi connectivity index (χ1) is 20.2. The molecule has 0 aromatic heterocycles. The Morgan fingerprint density at radius 2 is 1.84 bits per heavy atom. The smallest absolute Gasteiger partial charge is 0.410 e. The number of likely N-dealkylation sites (tertiary alicyclic amines) is 1. The molecule has 2 aromatic carbocycles. The molecule has 0 radical (unpaired) electrons. The van der Waals surface area contributed by atoms with Gasteiger partial charge in [0.2, 0.25) is 0 Å². The number of aryl methyl sites for hydroxylation is 1. The molecule has 2 aliphatic rings. The first-order valence-electron chi connectivity index (χ1n) is 15.3. The summed E-state index contributed by atoms with van der Waals surface area (Å²) in [6.45, 7) is 17.0. The van der Waals surface area contributed by atoms with Crippen molar-refractivity contribution in [1.29, 1.82) is 0 Å². The number of rotatable bonds is 8. The van der Waals surface area contributed by atoms with Gasteiger partial charge < -0.3 is 28.9 Å². The van der Waals surface area contributed by atoms with Crippen molar-refractivity contribution < 1.29 is 28.6 Å². The third kappa shape index (κ3) is 7.68. The van der Waals surface area contributed by atoms with Crippen molar-refractivity contribution >= 4 is 23.6 Å². The van der Waals surface area contributed by atoms with Gasteiger partial charge in [-0.25, -0.2) is 4.79 Å². The predicted octanol–water partition coefficient (Wildman–Crippen LogP) is 5.97. The molecule has 43 heavy (non-hydrogen) atoms. The Kier molecular flexibility index (Phi) is 9.74. The van der Waals surface area contributed by atoms with Crippen LogP contribution in [-0.4, -0.2) is 77.2 Å². The van der Waals surface area contributed by atoms with Gasteiger partial charge >= 0.3 is 6.09 Å². The highest BCUT2D eigenvalue weighted by molar-refractivity contribution is 6.05. The Bertz CT molecular complexity index is 1320. The first kappa shape index (κ1) is 32.3. The lowest BCUT2D eigenvalue weighted by Gasteiger charge is -2.42. The van der Waals surface area contributed by atoms with E-state index < -0.39 is 11.2 Å². The van der Waals surface area contributed by atoms with E-state index >= 15 is 0 Å². The maximum absolute atomic E-state index is 14.3. The monoisotopic (exact) mass is 593 g/mol. The summed E-state index contributed by atoms with van der Waals surface area (Å²) >= 11 is 0. The van der Waals surface area contributed by atoms with Crippen LogP contribution in [0.2, 0.25) is 0 Å². The zero-order valence-electron chi connectivity index (χ0n) is 26.9. The highest BCUT2D eigenvalue weighted by atomic mass is 16.6. The van der Waals surface area contributed by atoms with Crippen LogP contribution in [0.15, 0.2) is 42.5 Å². The van der Waals surface area contributed by atoms with E-state index in [1.807, 2.05) is 82.8 Å². The molecule has 4 rings (SSSR count). The summed E-state index contributed by atoms with van der Waals surface area (Å²) in [5.41, 5.74) is 1.24. The van der Waals surface area contributed by atoms with E-state index in [0.717, 1.165) is 24.0 Å². The fourth-order valence-corrected chi connectivity index (χ4v) is 5.72. The fraction of sp³-hybridized carbons (Fsp3) is 0.559. The lowest BCUT2D eigenvalue weighted by atomic mass is 9.97. The van der Waals surface area contributed by atoms with E-state index in [9.17, 15) is 14.4 Å². The molecule has 1 saturated heterocycles. The standard InChI is InChI=1S/C34H47N3O6/c1-23(2)37(26-15-12-16-35(21-26)32(40)43-33(4,5)6)30(38)27-20-28-29(19-24(27)3)42-34(7,8)31(39)36(28)17-18-41-22-25-13-10-9-11-14-25/h9-11,13-14,19-20,23,26H,12,15-18,21-22H2,1-8H3. The third-order valence-electron chi connectivity index (χ3n) is 7.76. The molecule has 0 N–H and O–H groups in total. The number of ether oxygens (including phenoxy) is 3. The van der Waals surface area contributed by atoms with Gasteiger partial charge in [-0.05, 0) is 91.5 Å². The second kappa shape index (κ2) is 13.0. The second-order valence-electron chi connectivity index (χ2n) is 13.3. The summed E-state index contributed by atoms with van der Waals surface area (Å²) in [4.78, 5) is 45.9. The number of hydrogen-bond donors (Lipinski definition) is 0. The average Bonchev–Trinajstić information content (AvgIpc) is 2.92. The Morgan fingerprint density at radius 3 is 2.49 bits per heavy atom. The average molecular weight is 594 g/mol. The fourth-order valence-electron chi connectivity index (χ4n) is 5.72. The van der Waals surface area contributed by atoms with Gasteiger partial charge in [0, 0.05) is 31.2 Å². The molecule has 1 atom stereocenters. The van der Waals surface area contributed by atoms with E-state index in [1.54, 1.807) is 29.7 Å². The number of anilines is 1. The van der Waals surface area contributed by atoms with Gasteiger partial charge in [-0.1, -0.05) is 30.3 Å². The van der Waals surface area contributed by atoms with E-state index in [1.165, 1.54) is 0 Å². The molecular formula is C34H47N3O6. The summed E-state index contributed by atoms with van der Waals surface area (Å²) in [5.74, 6) is 0.238. The van der Waals surface area contributed by atoms with Gasteiger partial charge in [0.15, 0.2) is 5.60 Å². The zero-order chi connectivity index (χ0) is 31.5. The number of hydrogen-bond acceptors (Lipinski definition) is 6. The van der Waals surface area contributed by atoms with Crippen molar-refractivity contribution in [3.05, 3.63) is 59.2 Å². The number of amides is 3. The first-order valence-corrected chi connectivity index (χ1v) is 15.3. The van der Waals surface area contributed by atoms with Crippen molar-refractivity contribution in [2.24, 2.45) is 0 Å². The largest absolute Gasteiger partial charge is 0.476 e. The van der Waals surface area contributed by atoms with Gasteiger partial charge in [0.05, 0.1) is 24.9 Å². The van der Waals surface area contributed by atoms with E-state index in [0.29, 0.717) is 49.8 Å². The molecule has 234 valence electrons. The maximum Gasteiger partial charge on any atom is 0.410 e. The Morgan fingerprint density at radius 1 is 1.14 bits per heavy atom. The van der Waals surface area contributed by atoms with Crippen LogP contribution in [0.25, 0.3) is 0 Å². The van der Waals surface area contributed by atoms with Crippen molar-refractivity contribution in [2.45, 2.75) is 98.1 Å². The van der Waals surface area contributed by atoms with E-state index in [-0.39, 0.29) is 30.0 Å². The quantitative estimate of drug-likeness (QED) is 0.351. The molecule has 9 heteroatoms. The number of fused-ring (bicyclic) bond motifs is 1. The number of carbonyl (C=O) groups is 3. The maximum atomic E-state index is 14.3. The third-order valence-corrected chi connectivity index (χ3v) is 7.76. The highest BCUT2D eigenvalue weighted by Gasteiger charge is 2.42. The van der Waals surface area contributed by atoms with E-state index in [2.05, 4.69) is 0 Å². The van der Waals surface area contributed by atoms with Crippen LogP contribution in [-0.2, 0) is 20.9 Å². The van der Waals surface area contributed by atoms with Crippen molar-refractivity contribution in [3.63, 3.8) is 0 Å². The van der Waals surface area contributed by atoms with Crippen molar-refractivity contribution in [1.82, 2.24) is 9.80 Å². The van der Waals surface area contributed by atoms with Crippen molar-refractivity contribution in [2.75, 3.05) is 31.1 Å². The lowest BCUT2D eigenvalue weighted by Crippen LogP contribution is -2.55. The molecule has 0 spiro atoms. The van der Waals surface area contributed by atoms with E-state index in [4.69, 9.17) is 14.2 Å². The number of carbonyl (C=O) groups excluding carboxylic acids is 3. The van der Waals surface area contributed by atoms with Gasteiger partial charge in [-0.2, -0.15) is 0 Å². The number of piperidine rings is 1. The molecule has 0 saturated carbocycles. The second-order valence-corrected chi connectivity index (χ2v) is 13.3. The molecule has 1 unspecified atom stereocenters. The summed E-state index contributed by atoms with van der Waals surface area (Å²) in [6, 6.07) is 13.2. The normalized spacial score (nSPS) is 18.3. The highest BCUT2D eigenvalue weighted by Crippen LogP contribution is 2.40. The summed E-state index contributed by atoms with van der Waals surface area (Å²) in [5, 5.41) is 0. The summed E-state index contributed by atoms with van der Waals surface area (Å²) in [7, 11) is 0. The molecule has 0 bridgehead atoms. The summed E-state index contributed by atoms with van der Waals surface area (Å²) in [6.07, 6.45) is 1.20. The van der Waals surface area contributed by atoms with Crippen LogP contribution in [0.1, 0.15) is 82.8 Å². The Labute approximate surface area is 256 Å². The molecule has 9 nitrogen and oxygen atoms in total. The van der Waals surface area contributed by atoms with Gasteiger partial charge in [0.1, 0.15) is 11.4 Å². The molecule has 3 amide bonds.